The number of hydrogen-bond acceptors (Lipinski definition) is 10. The summed E-state index contributed by atoms with van der Waals surface area (Å²) in [6.45, 7) is 3.44. The third-order valence-electron chi connectivity index (χ3n) is 11.7. The van der Waals surface area contributed by atoms with E-state index in [1.165, 1.54) is 135 Å². The highest BCUT2D eigenvalue weighted by atomic mass is 16.7. The Hall–Kier alpha value is -0.890. The van der Waals surface area contributed by atoms with Crippen molar-refractivity contribution in [3.05, 3.63) is 0 Å². The van der Waals surface area contributed by atoms with Gasteiger partial charge in [-0.2, -0.15) is 0 Å². The summed E-state index contributed by atoms with van der Waals surface area (Å²) in [6.07, 6.45) is 24.3. The fourth-order valence-corrected chi connectivity index (χ4v) is 7.74. The van der Waals surface area contributed by atoms with E-state index in [9.17, 15) is 40.5 Å². The molecule has 1 saturated heterocycles. The smallest absolute Gasteiger partial charge is 0.249 e. The summed E-state index contributed by atoms with van der Waals surface area (Å²) in [7, 11) is 0. The Bertz CT molecular complexity index is 882. The lowest BCUT2D eigenvalue weighted by atomic mass is 9.98. The minimum atomic E-state index is -1.66. The zero-order valence-corrected chi connectivity index (χ0v) is 35.9. The zero-order valence-electron chi connectivity index (χ0n) is 35.9. The number of unbranched alkanes of at least 4 members (excludes halogenated alkanes) is 27. The van der Waals surface area contributed by atoms with Crippen LogP contribution < -0.4 is 5.32 Å². The molecule has 0 spiro atoms. The van der Waals surface area contributed by atoms with E-state index in [0.29, 0.717) is 19.3 Å². The Balaban J connectivity index is 2.43. The molecule has 0 bridgehead atoms. The Labute approximate surface area is 341 Å². The van der Waals surface area contributed by atoms with Crippen LogP contribution in [0.1, 0.15) is 213 Å². The van der Waals surface area contributed by atoms with Crippen molar-refractivity contribution in [3.63, 3.8) is 0 Å². The maximum Gasteiger partial charge on any atom is 0.249 e. The molecule has 11 nitrogen and oxygen atoms in total. The fraction of sp³-hybridized carbons (Fsp3) is 0.978. The molecule has 1 amide bonds. The first-order valence-electron chi connectivity index (χ1n) is 23.4. The Morgan fingerprint density at radius 3 is 1.32 bits per heavy atom. The summed E-state index contributed by atoms with van der Waals surface area (Å²) in [6, 6.07) is -1.16. The van der Waals surface area contributed by atoms with Crippen LogP contribution >= 0.6 is 0 Å². The fourth-order valence-electron chi connectivity index (χ4n) is 7.74. The number of ether oxygens (including phenoxy) is 2. The third kappa shape index (κ3) is 25.6. The molecule has 1 heterocycles. The van der Waals surface area contributed by atoms with Gasteiger partial charge in [-0.05, 0) is 12.8 Å². The minimum absolute atomic E-state index is 0.266. The van der Waals surface area contributed by atoms with Gasteiger partial charge >= 0.3 is 0 Å². The van der Waals surface area contributed by atoms with Gasteiger partial charge in [-0.25, -0.2) is 0 Å². The average molecular weight is 804 g/mol. The van der Waals surface area contributed by atoms with Crippen LogP contribution in [0.4, 0.5) is 0 Å². The molecule has 1 rings (SSSR count). The van der Waals surface area contributed by atoms with Crippen LogP contribution in [0.3, 0.4) is 0 Å². The van der Waals surface area contributed by atoms with Gasteiger partial charge in [0.25, 0.3) is 0 Å². The molecule has 0 saturated carbocycles. The quantitative estimate of drug-likeness (QED) is 0.0289. The van der Waals surface area contributed by atoms with Crippen molar-refractivity contribution in [2.75, 3.05) is 13.2 Å². The van der Waals surface area contributed by atoms with Crippen molar-refractivity contribution in [3.8, 4) is 0 Å². The molecule has 1 fully saturated rings. The molecule has 0 aromatic heterocycles. The number of hydrogen-bond donors (Lipinski definition) is 8. The Morgan fingerprint density at radius 1 is 0.554 bits per heavy atom. The molecule has 1 aliphatic heterocycles. The molecular formula is C45H89NO10. The Morgan fingerprint density at radius 2 is 0.929 bits per heavy atom. The third-order valence-corrected chi connectivity index (χ3v) is 11.7. The van der Waals surface area contributed by atoms with Gasteiger partial charge in [-0.3, -0.25) is 4.79 Å². The van der Waals surface area contributed by atoms with E-state index in [4.69, 9.17) is 9.47 Å². The van der Waals surface area contributed by atoms with Gasteiger partial charge in [0, 0.05) is 0 Å². The topological polar surface area (TPSA) is 189 Å². The zero-order chi connectivity index (χ0) is 41.2. The van der Waals surface area contributed by atoms with Gasteiger partial charge in [0.1, 0.15) is 36.6 Å². The van der Waals surface area contributed by atoms with E-state index in [1.54, 1.807) is 0 Å². The monoisotopic (exact) mass is 804 g/mol. The van der Waals surface area contributed by atoms with E-state index in [2.05, 4.69) is 19.2 Å². The summed E-state index contributed by atoms with van der Waals surface area (Å²) in [5, 5.41) is 75.6. The van der Waals surface area contributed by atoms with Gasteiger partial charge in [-0.15, -0.1) is 0 Å². The van der Waals surface area contributed by atoms with Gasteiger partial charge in [0.15, 0.2) is 6.29 Å². The first-order valence-corrected chi connectivity index (χ1v) is 23.4. The van der Waals surface area contributed by atoms with Crippen LogP contribution in [0.5, 0.6) is 0 Å². The molecule has 11 heteroatoms. The molecule has 8 N–H and O–H groups in total. The summed E-state index contributed by atoms with van der Waals surface area (Å²) in [4.78, 5) is 13.1. The summed E-state index contributed by atoms with van der Waals surface area (Å²) in [5.41, 5.74) is 0. The van der Waals surface area contributed by atoms with E-state index < -0.39 is 74.2 Å². The van der Waals surface area contributed by atoms with E-state index >= 15 is 0 Å². The number of nitrogens with one attached hydrogen (secondary N) is 1. The molecule has 0 aromatic rings. The van der Waals surface area contributed by atoms with Crippen LogP contribution in [0.2, 0.25) is 0 Å². The molecule has 1 aliphatic rings. The number of aliphatic hydroxyl groups excluding tert-OH is 7. The second-order valence-corrected chi connectivity index (χ2v) is 16.8. The maximum absolute atomic E-state index is 13.1. The standard InChI is InChI=1S/C45H89NO10/c1-3-5-7-9-11-13-15-17-18-19-20-21-23-25-27-29-31-33-38(49)44(54)46-36(35-55-45-43(53)42(52)41(51)39(34-47)56-45)40(50)37(48)32-30-28-26-24-22-16-14-12-10-8-6-4-2/h36-43,45,47-53H,3-35H2,1-2H3,(H,46,54). The Kier molecular flexibility index (Phi) is 34.2. The number of aliphatic hydroxyl groups is 7. The van der Waals surface area contributed by atoms with E-state index in [-0.39, 0.29) is 6.42 Å². The van der Waals surface area contributed by atoms with Crippen LogP contribution in [0.15, 0.2) is 0 Å². The van der Waals surface area contributed by atoms with Crippen molar-refractivity contribution in [1.82, 2.24) is 5.32 Å². The maximum atomic E-state index is 13.1. The minimum Gasteiger partial charge on any atom is -0.394 e. The van der Waals surface area contributed by atoms with Crippen molar-refractivity contribution in [1.29, 1.82) is 0 Å². The van der Waals surface area contributed by atoms with Gasteiger partial charge in [0.2, 0.25) is 5.91 Å². The molecule has 0 aliphatic carbocycles. The molecular weight excluding hydrogens is 714 g/mol. The van der Waals surface area contributed by atoms with Crippen LogP contribution in [-0.2, 0) is 14.3 Å². The number of amides is 1. The largest absolute Gasteiger partial charge is 0.394 e. The van der Waals surface area contributed by atoms with Crippen LogP contribution in [-0.4, -0.2) is 110 Å². The summed E-state index contributed by atoms with van der Waals surface area (Å²) >= 11 is 0. The van der Waals surface area contributed by atoms with Crippen molar-refractivity contribution in [2.24, 2.45) is 0 Å². The van der Waals surface area contributed by atoms with E-state index in [0.717, 1.165) is 38.5 Å². The molecule has 0 aromatic carbocycles. The number of carbonyl (C=O) groups excluding carboxylic acids is 1. The molecule has 56 heavy (non-hydrogen) atoms. The lowest BCUT2D eigenvalue weighted by molar-refractivity contribution is -0.303. The predicted molar refractivity (Wildman–Crippen MR) is 224 cm³/mol. The lowest BCUT2D eigenvalue weighted by Gasteiger charge is -2.40. The van der Waals surface area contributed by atoms with Gasteiger partial charge in [0.05, 0.1) is 25.4 Å². The van der Waals surface area contributed by atoms with Gasteiger partial charge in [-0.1, -0.05) is 200 Å². The van der Waals surface area contributed by atoms with Crippen LogP contribution in [0, 0.1) is 0 Å². The highest BCUT2D eigenvalue weighted by molar-refractivity contribution is 5.80. The number of rotatable bonds is 39. The predicted octanol–water partition coefficient (Wildman–Crippen LogP) is 7.50. The second kappa shape index (κ2) is 36.0. The van der Waals surface area contributed by atoms with Crippen LogP contribution in [0.25, 0.3) is 0 Å². The highest BCUT2D eigenvalue weighted by Crippen LogP contribution is 2.23. The highest BCUT2D eigenvalue weighted by Gasteiger charge is 2.44. The molecule has 334 valence electrons. The van der Waals surface area contributed by atoms with Crippen molar-refractivity contribution >= 4 is 5.91 Å². The first kappa shape index (κ1) is 53.1. The van der Waals surface area contributed by atoms with Gasteiger partial charge < -0.3 is 50.5 Å². The average Bonchev–Trinajstić information content (AvgIpc) is 3.20. The SMILES string of the molecule is CCCCCCCCCCCCCCCCCCCC(O)C(=O)NC(COC1OC(CO)C(O)C(O)C1O)C(O)C(O)CCCCCCCCCCCCCC. The normalized spacial score (nSPS) is 22.2. The summed E-state index contributed by atoms with van der Waals surface area (Å²) < 4.78 is 11.1. The number of carbonyl (C=O) groups is 1. The first-order chi connectivity index (χ1) is 27.2. The summed E-state index contributed by atoms with van der Waals surface area (Å²) in [5.74, 6) is -0.694. The molecule has 9 atom stereocenters. The van der Waals surface area contributed by atoms with Crippen molar-refractivity contribution < 1.29 is 50.0 Å². The van der Waals surface area contributed by atoms with E-state index in [1.807, 2.05) is 0 Å². The molecule has 0 radical (unpaired) electrons. The molecule has 9 unspecified atom stereocenters. The van der Waals surface area contributed by atoms with Crippen molar-refractivity contribution in [2.45, 2.75) is 268 Å². The lowest BCUT2D eigenvalue weighted by Crippen LogP contribution is -2.60. The second-order valence-electron chi connectivity index (χ2n) is 16.8.